The van der Waals surface area contributed by atoms with E-state index in [2.05, 4.69) is 10.1 Å². The smallest absolute Gasteiger partial charge is 0.407 e. The molecule has 1 atom stereocenters. The van der Waals surface area contributed by atoms with Crippen LogP contribution in [0.1, 0.15) is 33.6 Å². The van der Waals surface area contributed by atoms with Gasteiger partial charge in [0.2, 0.25) is 0 Å². The molecule has 2 N–H and O–H groups in total. The fraction of sp³-hybridized carbons (Fsp3) is 0.818. The second-order valence-electron chi connectivity index (χ2n) is 4.61. The molecule has 0 spiro atoms. The third kappa shape index (κ3) is 8.50. The zero-order valence-corrected chi connectivity index (χ0v) is 10.8. The van der Waals surface area contributed by atoms with E-state index < -0.39 is 23.8 Å². The van der Waals surface area contributed by atoms with Crippen LogP contribution in [-0.2, 0) is 14.3 Å². The van der Waals surface area contributed by atoms with Crippen molar-refractivity contribution in [3.8, 4) is 0 Å². The van der Waals surface area contributed by atoms with Gasteiger partial charge in [-0.3, -0.25) is 0 Å². The normalized spacial score (nSPS) is 12.8. The molecule has 0 unspecified atom stereocenters. The average Bonchev–Trinajstić information content (AvgIpc) is 2.20. The minimum atomic E-state index is -1.14. The van der Waals surface area contributed by atoms with Crippen LogP contribution >= 0.6 is 0 Å². The Balaban J connectivity index is 3.65. The Morgan fingerprint density at radius 3 is 2.41 bits per heavy atom. The monoisotopic (exact) mass is 247 g/mol. The third-order valence-electron chi connectivity index (χ3n) is 1.80. The van der Waals surface area contributed by atoms with E-state index in [1.807, 2.05) is 0 Å². The van der Waals surface area contributed by atoms with Crippen molar-refractivity contribution < 1.29 is 24.2 Å². The summed E-state index contributed by atoms with van der Waals surface area (Å²) in [6, 6.07) is 0. The van der Waals surface area contributed by atoms with Crippen molar-refractivity contribution in [2.24, 2.45) is 0 Å². The summed E-state index contributed by atoms with van der Waals surface area (Å²) in [5, 5.41) is 11.8. The van der Waals surface area contributed by atoms with Gasteiger partial charge in [-0.2, -0.15) is 0 Å². The molecule has 0 aliphatic rings. The van der Waals surface area contributed by atoms with Crippen LogP contribution in [0.15, 0.2) is 0 Å². The molecule has 6 heteroatoms. The molecule has 100 valence electrons. The van der Waals surface area contributed by atoms with E-state index in [-0.39, 0.29) is 6.42 Å². The number of aliphatic hydroxyl groups excluding tert-OH is 1. The number of amides is 1. The predicted octanol–water partition coefficient (Wildman–Crippen LogP) is 0.825. The maximum absolute atomic E-state index is 11.2. The molecule has 6 nitrogen and oxygen atoms in total. The quantitative estimate of drug-likeness (QED) is 0.555. The number of ether oxygens (including phenoxy) is 2. The van der Waals surface area contributed by atoms with E-state index in [9.17, 15) is 14.7 Å². The molecule has 0 heterocycles. The first-order chi connectivity index (χ1) is 7.76. The van der Waals surface area contributed by atoms with E-state index in [1.165, 1.54) is 7.11 Å². The van der Waals surface area contributed by atoms with Gasteiger partial charge in [0.15, 0.2) is 6.10 Å². The maximum Gasteiger partial charge on any atom is 0.407 e. The van der Waals surface area contributed by atoms with Crippen molar-refractivity contribution in [1.82, 2.24) is 5.32 Å². The Hall–Kier alpha value is -1.30. The lowest BCUT2D eigenvalue weighted by Crippen LogP contribution is -2.33. The summed E-state index contributed by atoms with van der Waals surface area (Å²) >= 11 is 0. The van der Waals surface area contributed by atoms with Crippen LogP contribution in [-0.4, -0.2) is 42.5 Å². The Kier molecular flexibility index (Phi) is 6.57. The molecular weight excluding hydrogens is 226 g/mol. The molecule has 0 saturated heterocycles. The van der Waals surface area contributed by atoms with Crippen LogP contribution in [0.2, 0.25) is 0 Å². The van der Waals surface area contributed by atoms with Crippen molar-refractivity contribution in [1.29, 1.82) is 0 Å². The number of hydrogen-bond donors (Lipinski definition) is 2. The van der Waals surface area contributed by atoms with E-state index in [1.54, 1.807) is 20.8 Å². The number of carbonyl (C=O) groups excluding carboxylic acids is 2. The highest BCUT2D eigenvalue weighted by atomic mass is 16.6. The van der Waals surface area contributed by atoms with Crippen molar-refractivity contribution in [2.45, 2.75) is 45.3 Å². The van der Waals surface area contributed by atoms with Crippen LogP contribution < -0.4 is 5.32 Å². The molecule has 0 aromatic carbocycles. The summed E-state index contributed by atoms with van der Waals surface area (Å²) in [7, 11) is 1.21. The molecule has 0 aromatic heterocycles. The van der Waals surface area contributed by atoms with Gasteiger partial charge in [0.05, 0.1) is 7.11 Å². The van der Waals surface area contributed by atoms with Crippen LogP contribution in [0.4, 0.5) is 4.79 Å². The average molecular weight is 247 g/mol. The standard InChI is InChI=1S/C11H21NO5/c1-11(2,3)17-10(15)12-7-5-6-8(13)9(14)16-4/h8,13H,5-7H2,1-4H3,(H,12,15)/t8-/m1/s1. The van der Waals surface area contributed by atoms with Crippen LogP contribution in [0.5, 0.6) is 0 Å². The lowest BCUT2D eigenvalue weighted by Gasteiger charge is -2.19. The summed E-state index contributed by atoms with van der Waals surface area (Å²) in [5.74, 6) is -0.665. The van der Waals surface area contributed by atoms with Gasteiger partial charge in [0.25, 0.3) is 0 Å². The van der Waals surface area contributed by atoms with E-state index in [0.717, 1.165) is 0 Å². The number of carbonyl (C=O) groups is 2. The Labute approximate surface area is 101 Å². The van der Waals surface area contributed by atoms with Crippen LogP contribution in [0, 0.1) is 0 Å². The first-order valence-electron chi connectivity index (χ1n) is 5.49. The fourth-order valence-electron chi connectivity index (χ4n) is 1.05. The summed E-state index contributed by atoms with van der Waals surface area (Å²) < 4.78 is 9.36. The number of hydrogen-bond acceptors (Lipinski definition) is 5. The Bertz CT molecular complexity index is 259. The molecule has 0 aromatic rings. The highest BCUT2D eigenvalue weighted by Gasteiger charge is 2.17. The molecule has 0 aliphatic heterocycles. The molecular formula is C11H21NO5. The van der Waals surface area contributed by atoms with Crippen molar-refractivity contribution in [3.63, 3.8) is 0 Å². The molecule has 0 radical (unpaired) electrons. The van der Waals surface area contributed by atoms with Gasteiger partial charge in [-0.15, -0.1) is 0 Å². The number of nitrogens with one attached hydrogen (secondary N) is 1. The van der Waals surface area contributed by atoms with Gasteiger partial charge < -0.3 is 19.9 Å². The second-order valence-corrected chi connectivity index (χ2v) is 4.61. The summed E-state index contributed by atoms with van der Waals surface area (Å²) in [6.45, 7) is 5.65. The molecule has 0 aliphatic carbocycles. The van der Waals surface area contributed by atoms with E-state index in [0.29, 0.717) is 13.0 Å². The number of esters is 1. The fourth-order valence-corrected chi connectivity index (χ4v) is 1.05. The highest BCUT2D eigenvalue weighted by molar-refractivity contribution is 5.74. The van der Waals surface area contributed by atoms with Gasteiger partial charge in [-0.25, -0.2) is 9.59 Å². The summed E-state index contributed by atoms with van der Waals surface area (Å²) in [4.78, 5) is 22.0. The highest BCUT2D eigenvalue weighted by Crippen LogP contribution is 2.06. The zero-order chi connectivity index (χ0) is 13.5. The lowest BCUT2D eigenvalue weighted by molar-refractivity contribution is -0.150. The van der Waals surface area contributed by atoms with E-state index in [4.69, 9.17) is 4.74 Å². The lowest BCUT2D eigenvalue weighted by atomic mass is 10.2. The maximum atomic E-state index is 11.2. The van der Waals surface area contributed by atoms with Crippen molar-refractivity contribution >= 4 is 12.1 Å². The summed E-state index contributed by atoms with van der Waals surface area (Å²) in [5.41, 5.74) is -0.532. The largest absolute Gasteiger partial charge is 0.467 e. The van der Waals surface area contributed by atoms with Gasteiger partial charge in [-0.05, 0) is 33.6 Å². The second kappa shape index (κ2) is 7.11. The van der Waals surface area contributed by atoms with Gasteiger partial charge in [-0.1, -0.05) is 0 Å². The first-order valence-corrected chi connectivity index (χ1v) is 5.49. The first kappa shape index (κ1) is 15.7. The van der Waals surface area contributed by atoms with Crippen LogP contribution in [0.25, 0.3) is 0 Å². The minimum Gasteiger partial charge on any atom is -0.467 e. The van der Waals surface area contributed by atoms with E-state index >= 15 is 0 Å². The molecule has 0 saturated carbocycles. The minimum absolute atomic E-state index is 0.239. The van der Waals surface area contributed by atoms with Gasteiger partial charge in [0.1, 0.15) is 5.60 Å². The zero-order valence-electron chi connectivity index (χ0n) is 10.8. The van der Waals surface area contributed by atoms with Gasteiger partial charge >= 0.3 is 12.1 Å². The predicted molar refractivity (Wildman–Crippen MR) is 61.5 cm³/mol. The SMILES string of the molecule is COC(=O)[C@H](O)CCCNC(=O)OC(C)(C)C. The number of methoxy groups -OCH3 is 1. The third-order valence-corrected chi connectivity index (χ3v) is 1.80. The summed E-state index contributed by atoms with van der Waals surface area (Å²) in [6.07, 6.45) is -0.941. The van der Waals surface area contributed by atoms with Gasteiger partial charge in [0, 0.05) is 6.54 Å². The number of rotatable bonds is 5. The van der Waals surface area contributed by atoms with Crippen LogP contribution in [0.3, 0.4) is 0 Å². The molecule has 1 amide bonds. The van der Waals surface area contributed by atoms with Crippen molar-refractivity contribution in [2.75, 3.05) is 13.7 Å². The molecule has 17 heavy (non-hydrogen) atoms. The Morgan fingerprint density at radius 2 is 1.94 bits per heavy atom. The molecule has 0 bridgehead atoms. The molecule has 0 fully saturated rings. The van der Waals surface area contributed by atoms with Crippen molar-refractivity contribution in [3.05, 3.63) is 0 Å². The molecule has 0 rings (SSSR count). The number of aliphatic hydroxyl groups is 1. The topological polar surface area (TPSA) is 84.9 Å². The Morgan fingerprint density at radius 1 is 1.35 bits per heavy atom. The number of alkyl carbamates (subject to hydrolysis) is 1.